The zero-order chi connectivity index (χ0) is 32.9. The van der Waals surface area contributed by atoms with Gasteiger partial charge in [0, 0.05) is 26.0 Å². The molecule has 13 nitrogen and oxygen atoms in total. The van der Waals surface area contributed by atoms with Crippen LogP contribution in [-0.2, 0) is 47.5 Å². The molecule has 44 heavy (non-hydrogen) atoms. The highest BCUT2D eigenvalue weighted by Crippen LogP contribution is 2.42. The normalized spacial score (nSPS) is 45.5. The molecule has 248 valence electrons. The van der Waals surface area contributed by atoms with E-state index in [2.05, 4.69) is 0 Å². The molecule has 0 aliphatic carbocycles. The molecule has 4 heterocycles. The second kappa shape index (κ2) is 12.6. The van der Waals surface area contributed by atoms with Gasteiger partial charge < -0.3 is 38.1 Å². The Balaban J connectivity index is 1.75. The Morgan fingerprint density at radius 1 is 0.932 bits per heavy atom. The lowest BCUT2D eigenvalue weighted by Crippen LogP contribution is -2.58. The molecule has 13 atom stereocenters. The van der Waals surface area contributed by atoms with Crippen molar-refractivity contribution in [3.05, 3.63) is 0 Å². The van der Waals surface area contributed by atoms with E-state index in [1.807, 2.05) is 6.92 Å². The predicted octanol–water partition coefficient (Wildman–Crippen LogP) is 3.43. The maximum Gasteiger partial charge on any atom is 0.509 e. The molecule has 4 aliphatic rings. The van der Waals surface area contributed by atoms with Crippen molar-refractivity contribution in [3.63, 3.8) is 0 Å². The smallest absolute Gasteiger partial charge is 0.457 e. The number of methoxy groups -OCH3 is 1. The van der Waals surface area contributed by atoms with E-state index in [9.17, 15) is 24.0 Å². The van der Waals surface area contributed by atoms with Crippen LogP contribution in [0.15, 0.2) is 0 Å². The van der Waals surface area contributed by atoms with E-state index in [-0.39, 0.29) is 30.8 Å². The summed E-state index contributed by atoms with van der Waals surface area (Å²) < 4.78 is 41.2. The Morgan fingerprint density at radius 3 is 2.20 bits per heavy atom. The average molecular weight is 626 g/mol. The Kier molecular flexibility index (Phi) is 9.73. The van der Waals surface area contributed by atoms with Gasteiger partial charge in [-0.05, 0) is 47.0 Å². The fourth-order valence-corrected chi connectivity index (χ4v) is 7.37. The molecule has 0 N–H and O–H groups in total. The molecule has 4 saturated heterocycles. The monoisotopic (exact) mass is 625 g/mol. The largest absolute Gasteiger partial charge is 0.509 e. The van der Waals surface area contributed by atoms with Gasteiger partial charge >= 0.3 is 18.2 Å². The van der Waals surface area contributed by atoms with E-state index < -0.39 is 89.6 Å². The summed E-state index contributed by atoms with van der Waals surface area (Å²) in [6.45, 7) is 13.4. The van der Waals surface area contributed by atoms with Crippen molar-refractivity contribution in [1.29, 1.82) is 0 Å². The molecule has 1 amide bonds. The summed E-state index contributed by atoms with van der Waals surface area (Å²) in [5.74, 6) is -5.18. The number of ketones is 2. The number of cyclic esters (lactones) is 1. The van der Waals surface area contributed by atoms with Gasteiger partial charge in [0.25, 0.3) is 0 Å². The number of carbonyl (C=O) groups is 5. The number of amides is 1. The van der Waals surface area contributed by atoms with Gasteiger partial charge in [0.1, 0.15) is 17.8 Å². The number of ether oxygens (including phenoxy) is 7. The standard InChI is InChI=1S/C31H47NO12/c1-11-20-31(8)25(43-29(37)44-31)16(4)21(33)14(2)13-30(7,38-10)24(17(5)22(34)18(6)26(35)40-20)42-27-23-19(12-15(3)39-27)32(9)28(36)41-23/h14-20,23-25,27H,11-13H2,1-10H3/t14-,15-,16+,17+,18-,19+,20-,23?,24-,25-,27?,30-,31-/m1/s1. The van der Waals surface area contributed by atoms with Crippen LogP contribution in [0.3, 0.4) is 0 Å². The molecule has 0 saturated carbocycles. The highest BCUT2D eigenvalue weighted by molar-refractivity contribution is 6.00. The van der Waals surface area contributed by atoms with E-state index in [1.165, 1.54) is 18.9 Å². The molecule has 0 aromatic carbocycles. The zero-order valence-electron chi connectivity index (χ0n) is 27.3. The molecule has 4 aliphatic heterocycles. The predicted molar refractivity (Wildman–Crippen MR) is 152 cm³/mol. The minimum Gasteiger partial charge on any atom is -0.457 e. The van der Waals surface area contributed by atoms with E-state index >= 15 is 0 Å². The number of likely N-dealkylation sites (N-methyl/N-ethyl adjacent to an activating group) is 1. The van der Waals surface area contributed by atoms with Crippen molar-refractivity contribution in [2.45, 2.75) is 129 Å². The number of hydrogen-bond acceptors (Lipinski definition) is 12. The molecule has 0 aromatic heterocycles. The highest BCUT2D eigenvalue weighted by Gasteiger charge is 2.59. The molecule has 4 rings (SSSR count). The van der Waals surface area contributed by atoms with Crippen LogP contribution < -0.4 is 0 Å². The maximum atomic E-state index is 14.0. The number of hydrogen-bond donors (Lipinski definition) is 0. The minimum absolute atomic E-state index is 0.110. The Bertz CT molecular complexity index is 1160. The molecule has 4 fully saturated rings. The van der Waals surface area contributed by atoms with Gasteiger partial charge in [0.05, 0.1) is 29.8 Å². The highest BCUT2D eigenvalue weighted by atomic mass is 16.8. The Hall–Kier alpha value is -2.77. The zero-order valence-corrected chi connectivity index (χ0v) is 27.3. The van der Waals surface area contributed by atoms with Crippen molar-refractivity contribution < 1.29 is 57.1 Å². The number of esters is 1. The van der Waals surface area contributed by atoms with E-state index in [4.69, 9.17) is 33.2 Å². The number of carbonyl (C=O) groups excluding carboxylic acids is 5. The average Bonchev–Trinajstić information content (AvgIpc) is 3.45. The molecular formula is C31H47NO12. The van der Waals surface area contributed by atoms with Gasteiger partial charge in [-0.2, -0.15) is 0 Å². The van der Waals surface area contributed by atoms with Crippen LogP contribution in [-0.4, -0.2) is 103 Å². The number of Topliss-reactive ketones (excluding diaryl/α,β-unsaturated/α-hetero) is 2. The Labute approximate surface area is 258 Å². The van der Waals surface area contributed by atoms with Crippen molar-refractivity contribution >= 4 is 29.8 Å². The van der Waals surface area contributed by atoms with Gasteiger partial charge in [-0.1, -0.05) is 27.7 Å². The molecular weight excluding hydrogens is 578 g/mol. The second-order valence-electron chi connectivity index (χ2n) is 13.3. The first-order chi connectivity index (χ1) is 20.5. The van der Waals surface area contributed by atoms with E-state index in [0.29, 0.717) is 6.42 Å². The minimum atomic E-state index is -1.46. The van der Waals surface area contributed by atoms with Gasteiger partial charge in [-0.25, -0.2) is 9.59 Å². The fraction of sp³-hybridized carbons (Fsp3) is 0.839. The SMILES string of the molecule is CC[C@H]1OC(=O)[C@H](C)C(=O)[C@H](C)[C@@H](OC2O[C@H](C)C[C@H]3C2OC(=O)N3C)[C@](C)(OC)C[C@@H](C)C(=O)[C@H](C)[C@H]2OC(=O)O[C@@]21C. The first kappa shape index (κ1) is 34.1. The summed E-state index contributed by atoms with van der Waals surface area (Å²) >= 11 is 0. The van der Waals surface area contributed by atoms with Crippen molar-refractivity contribution in [1.82, 2.24) is 4.90 Å². The lowest BCUT2D eigenvalue weighted by Gasteiger charge is -2.45. The number of fused-ring (bicyclic) bond motifs is 2. The summed E-state index contributed by atoms with van der Waals surface area (Å²) in [5, 5.41) is 0. The van der Waals surface area contributed by atoms with Crippen LogP contribution in [0.2, 0.25) is 0 Å². The number of rotatable bonds is 4. The third kappa shape index (κ3) is 5.94. The van der Waals surface area contributed by atoms with Gasteiger partial charge in [0.2, 0.25) is 0 Å². The summed E-state index contributed by atoms with van der Waals surface area (Å²) in [4.78, 5) is 67.7. The lowest BCUT2D eigenvalue weighted by atomic mass is 9.74. The summed E-state index contributed by atoms with van der Waals surface area (Å²) in [5.41, 5.74) is -2.72. The van der Waals surface area contributed by atoms with Crippen LogP contribution >= 0.6 is 0 Å². The quantitative estimate of drug-likeness (QED) is 0.255. The van der Waals surface area contributed by atoms with Crippen LogP contribution in [0.25, 0.3) is 0 Å². The lowest BCUT2D eigenvalue weighted by molar-refractivity contribution is -0.284. The first-order valence-corrected chi connectivity index (χ1v) is 15.5. The molecule has 2 unspecified atom stereocenters. The van der Waals surface area contributed by atoms with Gasteiger partial charge in [-0.15, -0.1) is 0 Å². The van der Waals surface area contributed by atoms with Crippen LogP contribution in [0.5, 0.6) is 0 Å². The first-order valence-electron chi connectivity index (χ1n) is 15.5. The third-order valence-corrected chi connectivity index (χ3v) is 10.1. The third-order valence-electron chi connectivity index (χ3n) is 10.1. The van der Waals surface area contributed by atoms with Crippen LogP contribution in [0.1, 0.15) is 74.7 Å². The van der Waals surface area contributed by atoms with Crippen LogP contribution in [0, 0.1) is 23.7 Å². The van der Waals surface area contributed by atoms with E-state index in [1.54, 1.807) is 48.6 Å². The summed E-state index contributed by atoms with van der Waals surface area (Å²) in [6.07, 6.45) is -5.74. The van der Waals surface area contributed by atoms with Crippen molar-refractivity contribution in [3.8, 4) is 0 Å². The van der Waals surface area contributed by atoms with Gasteiger partial charge in [-0.3, -0.25) is 14.4 Å². The van der Waals surface area contributed by atoms with E-state index in [0.717, 1.165) is 0 Å². The van der Waals surface area contributed by atoms with Crippen molar-refractivity contribution in [2.75, 3.05) is 14.2 Å². The molecule has 0 spiro atoms. The molecule has 0 aromatic rings. The molecule has 0 radical (unpaired) electrons. The maximum absolute atomic E-state index is 14.0. The summed E-state index contributed by atoms with van der Waals surface area (Å²) in [7, 11) is 3.11. The van der Waals surface area contributed by atoms with Crippen LogP contribution in [0.4, 0.5) is 9.59 Å². The second-order valence-corrected chi connectivity index (χ2v) is 13.3. The fourth-order valence-electron chi connectivity index (χ4n) is 7.37. The molecule has 13 heteroatoms. The topological polar surface area (TPSA) is 153 Å². The van der Waals surface area contributed by atoms with Crippen molar-refractivity contribution in [2.24, 2.45) is 23.7 Å². The number of nitrogens with zero attached hydrogens (tertiary/aromatic N) is 1. The Morgan fingerprint density at radius 2 is 1.59 bits per heavy atom. The summed E-state index contributed by atoms with van der Waals surface area (Å²) in [6, 6.07) is -0.304. The molecule has 0 bridgehead atoms. The van der Waals surface area contributed by atoms with Gasteiger partial charge in [0.15, 0.2) is 29.9 Å².